The standard InChI is InChI=1S/C26H22FNO4/c1-15-11-16(2)13-20(12-15)28-23(18-5-4-6-21(14-18)32-3)22(25(30)26(28)31)24(29)17-7-9-19(27)10-8-17/h4-14,23,29H,1-3H3/b24-22+. The Bertz CT molecular complexity index is 1230. The van der Waals surface area contributed by atoms with Gasteiger partial charge in [0, 0.05) is 11.3 Å². The summed E-state index contributed by atoms with van der Waals surface area (Å²) >= 11 is 0. The SMILES string of the molecule is COc1cccc(C2/C(=C(\O)c3ccc(F)cc3)C(=O)C(=O)N2c2cc(C)cc(C)c2)c1. The maximum Gasteiger partial charge on any atom is 0.300 e. The number of amides is 1. The summed E-state index contributed by atoms with van der Waals surface area (Å²) < 4.78 is 18.7. The van der Waals surface area contributed by atoms with E-state index in [-0.39, 0.29) is 16.9 Å². The van der Waals surface area contributed by atoms with Crippen LogP contribution in [0.1, 0.15) is 28.3 Å². The van der Waals surface area contributed by atoms with E-state index in [4.69, 9.17) is 4.74 Å². The molecule has 3 aromatic rings. The monoisotopic (exact) mass is 431 g/mol. The van der Waals surface area contributed by atoms with E-state index in [9.17, 15) is 19.1 Å². The summed E-state index contributed by atoms with van der Waals surface area (Å²) in [7, 11) is 1.53. The molecule has 1 saturated heterocycles. The molecule has 162 valence electrons. The first kappa shape index (κ1) is 21.3. The van der Waals surface area contributed by atoms with Crippen molar-refractivity contribution in [1.82, 2.24) is 0 Å². The number of aryl methyl sites for hydroxylation is 2. The zero-order chi connectivity index (χ0) is 23.0. The molecule has 1 amide bonds. The third-order valence-corrected chi connectivity index (χ3v) is 5.46. The van der Waals surface area contributed by atoms with Crippen molar-refractivity contribution in [1.29, 1.82) is 0 Å². The number of aliphatic hydroxyl groups excluding tert-OH is 1. The van der Waals surface area contributed by atoms with Crippen molar-refractivity contribution in [3.63, 3.8) is 0 Å². The van der Waals surface area contributed by atoms with Crippen LogP contribution in [0.5, 0.6) is 5.75 Å². The molecule has 0 spiro atoms. The van der Waals surface area contributed by atoms with Gasteiger partial charge in [-0.05, 0) is 79.1 Å². The van der Waals surface area contributed by atoms with Gasteiger partial charge >= 0.3 is 0 Å². The molecule has 1 heterocycles. The highest BCUT2D eigenvalue weighted by molar-refractivity contribution is 6.51. The lowest BCUT2D eigenvalue weighted by molar-refractivity contribution is -0.132. The van der Waals surface area contributed by atoms with Gasteiger partial charge in [-0.25, -0.2) is 4.39 Å². The van der Waals surface area contributed by atoms with Gasteiger partial charge in [0.15, 0.2) is 0 Å². The molecule has 1 aliphatic heterocycles. The second-order valence-electron chi connectivity index (χ2n) is 7.80. The van der Waals surface area contributed by atoms with Gasteiger partial charge in [-0.2, -0.15) is 0 Å². The number of methoxy groups -OCH3 is 1. The topological polar surface area (TPSA) is 66.8 Å². The zero-order valence-corrected chi connectivity index (χ0v) is 17.9. The molecule has 1 unspecified atom stereocenters. The summed E-state index contributed by atoms with van der Waals surface area (Å²) in [6.45, 7) is 3.82. The summed E-state index contributed by atoms with van der Waals surface area (Å²) in [5.41, 5.74) is 3.21. The molecular weight excluding hydrogens is 409 g/mol. The Labute approximate surface area is 185 Å². The maximum absolute atomic E-state index is 13.4. The Morgan fingerprint density at radius 2 is 1.62 bits per heavy atom. The minimum Gasteiger partial charge on any atom is -0.507 e. The molecule has 0 bridgehead atoms. The Morgan fingerprint density at radius 3 is 2.25 bits per heavy atom. The van der Waals surface area contributed by atoms with Crippen LogP contribution in [0.15, 0.2) is 72.3 Å². The number of hydrogen-bond acceptors (Lipinski definition) is 4. The average molecular weight is 431 g/mol. The third-order valence-electron chi connectivity index (χ3n) is 5.46. The first-order chi connectivity index (χ1) is 15.3. The Kier molecular flexibility index (Phi) is 5.53. The molecular formula is C26H22FNO4. The molecule has 32 heavy (non-hydrogen) atoms. The van der Waals surface area contributed by atoms with Gasteiger partial charge in [0.05, 0.1) is 18.7 Å². The van der Waals surface area contributed by atoms with Crippen LogP contribution in [0.25, 0.3) is 5.76 Å². The van der Waals surface area contributed by atoms with E-state index in [1.54, 1.807) is 24.3 Å². The maximum atomic E-state index is 13.4. The number of halogens is 1. The minimum absolute atomic E-state index is 0.0611. The fourth-order valence-electron chi connectivity index (χ4n) is 4.08. The first-order valence-electron chi connectivity index (χ1n) is 10.1. The van der Waals surface area contributed by atoms with Crippen molar-refractivity contribution in [3.8, 4) is 5.75 Å². The lowest BCUT2D eigenvalue weighted by Crippen LogP contribution is -2.29. The van der Waals surface area contributed by atoms with E-state index in [0.29, 0.717) is 17.0 Å². The van der Waals surface area contributed by atoms with Crippen molar-refractivity contribution >= 4 is 23.1 Å². The molecule has 0 aliphatic carbocycles. The highest BCUT2D eigenvalue weighted by atomic mass is 19.1. The average Bonchev–Trinajstić information content (AvgIpc) is 3.04. The van der Waals surface area contributed by atoms with Crippen LogP contribution in [0.2, 0.25) is 0 Å². The van der Waals surface area contributed by atoms with Crippen molar-refractivity contribution in [2.45, 2.75) is 19.9 Å². The van der Waals surface area contributed by atoms with E-state index in [1.165, 1.54) is 36.3 Å². The van der Waals surface area contributed by atoms with Crippen LogP contribution in [0.4, 0.5) is 10.1 Å². The van der Waals surface area contributed by atoms with Crippen LogP contribution in [0, 0.1) is 19.7 Å². The molecule has 1 atom stereocenters. The van der Waals surface area contributed by atoms with Crippen LogP contribution < -0.4 is 9.64 Å². The third kappa shape index (κ3) is 3.75. The predicted molar refractivity (Wildman–Crippen MR) is 120 cm³/mol. The molecule has 0 saturated carbocycles. The number of aliphatic hydroxyl groups is 1. The van der Waals surface area contributed by atoms with Gasteiger partial charge in [-0.15, -0.1) is 0 Å². The van der Waals surface area contributed by atoms with Crippen LogP contribution in [0.3, 0.4) is 0 Å². The molecule has 1 fully saturated rings. The van der Waals surface area contributed by atoms with Crippen LogP contribution >= 0.6 is 0 Å². The second-order valence-corrected chi connectivity index (χ2v) is 7.80. The Hall–Kier alpha value is -3.93. The number of nitrogens with zero attached hydrogens (tertiary/aromatic N) is 1. The van der Waals surface area contributed by atoms with Crippen molar-refractivity contribution < 1.29 is 23.8 Å². The van der Waals surface area contributed by atoms with Crippen molar-refractivity contribution in [3.05, 3.63) is 100 Å². The summed E-state index contributed by atoms with van der Waals surface area (Å²) in [5, 5.41) is 11.1. The number of carbonyl (C=O) groups is 2. The number of ketones is 1. The number of anilines is 1. The minimum atomic E-state index is -0.878. The molecule has 0 aromatic heterocycles. The predicted octanol–water partition coefficient (Wildman–Crippen LogP) is 5.08. The first-order valence-corrected chi connectivity index (χ1v) is 10.1. The van der Waals surface area contributed by atoms with Gasteiger partial charge in [0.2, 0.25) is 0 Å². The number of rotatable bonds is 4. The van der Waals surface area contributed by atoms with Crippen molar-refractivity contribution in [2.24, 2.45) is 0 Å². The number of benzene rings is 3. The van der Waals surface area contributed by atoms with E-state index >= 15 is 0 Å². The number of Topliss-reactive ketones (excluding diaryl/α,β-unsaturated/α-hetero) is 1. The second kappa shape index (κ2) is 8.30. The van der Waals surface area contributed by atoms with Gasteiger partial charge in [-0.3, -0.25) is 14.5 Å². The van der Waals surface area contributed by atoms with Gasteiger partial charge in [-0.1, -0.05) is 18.2 Å². The van der Waals surface area contributed by atoms with Gasteiger partial charge in [0.25, 0.3) is 11.7 Å². The zero-order valence-electron chi connectivity index (χ0n) is 17.9. The summed E-state index contributed by atoms with van der Waals surface area (Å²) in [6, 6.07) is 16.9. The largest absolute Gasteiger partial charge is 0.507 e. The van der Waals surface area contributed by atoms with Gasteiger partial charge in [0.1, 0.15) is 17.3 Å². The highest BCUT2D eigenvalue weighted by Crippen LogP contribution is 2.43. The lowest BCUT2D eigenvalue weighted by atomic mass is 9.94. The van der Waals surface area contributed by atoms with Crippen LogP contribution in [-0.2, 0) is 9.59 Å². The molecule has 3 aromatic carbocycles. The molecule has 6 heteroatoms. The quantitative estimate of drug-likeness (QED) is 0.356. The molecule has 1 N–H and O–H groups in total. The fourth-order valence-corrected chi connectivity index (χ4v) is 4.08. The van der Waals surface area contributed by atoms with E-state index < -0.39 is 23.5 Å². The molecule has 1 aliphatic rings. The van der Waals surface area contributed by atoms with E-state index in [1.807, 2.05) is 32.0 Å². The Morgan fingerprint density at radius 1 is 0.969 bits per heavy atom. The number of ether oxygens (including phenoxy) is 1. The van der Waals surface area contributed by atoms with E-state index in [0.717, 1.165) is 11.1 Å². The van der Waals surface area contributed by atoms with Crippen LogP contribution in [-0.4, -0.2) is 23.9 Å². The summed E-state index contributed by atoms with van der Waals surface area (Å²) in [6.07, 6.45) is 0. The van der Waals surface area contributed by atoms with Gasteiger partial charge < -0.3 is 9.84 Å². The smallest absolute Gasteiger partial charge is 0.300 e. The highest BCUT2D eigenvalue weighted by Gasteiger charge is 2.47. The molecule has 5 nitrogen and oxygen atoms in total. The Balaban J connectivity index is 1.97. The summed E-state index contributed by atoms with van der Waals surface area (Å²) in [4.78, 5) is 27.8. The summed E-state index contributed by atoms with van der Waals surface area (Å²) in [5.74, 6) is -1.83. The van der Waals surface area contributed by atoms with Crippen molar-refractivity contribution in [2.75, 3.05) is 12.0 Å². The lowest BCUT2D eigenvalue weighted by Gasteiger charge is -2.26. The normalized spacial score (nSPS) is 17.6. The fraction of sp³-hybridized carbons (Fsp3) is 0.154. The number of carbonyl (C=O) groups excluding carboxylic acids is 2. The molecule has 4 rings (SSSR count). The molecule has 0 radical (unpaired) electrons. The number of hydrogen-bond donors (Lipinski definition) is 1. The van der Waals surface area contributed by atoms with E-state index in [2.05, 4.69) is 0 Å².